The highest BCUT2D eigenvalue weighted by Gasteiger charge is 2.28. The van der Waals surface area contributed by atoms with Crippen LogP contribution < -0.4 is 4.90 Å². The smallest absolute Gasteiger partial charge is 0.261 e. The minimum absolute atomic E-state index is 0.0800. The maximum Gasteiger partial charge on any atom is 0.261 e. The number of rotatable bonds is 4. The standard InChI is InChI=1S/C23H21N7OS/c1-14(2)29-12-26-28-22(29)19-5-4-6-21(27-19)30-13-32-20-8-7-16(9-18(20)23(30)31)17-10-24-15(3)25-11-17/h4-12,14H,13H2,1-3H3. The molecule has 9 heteroatoms. The molecule has 8 nitrogen and oxygen atoms in total. The third-order valence-electron chi connectivity index (χ3n) is 5.29. The van der Waals surface area contributed by atoms with Crippen LogP contribution in [0.1, 0.15) is 36.1 Å². The predicted octanol–water partition coefficient (Wildman–Crippen LogP) is 4.40. The molecule has 0 unspecified atom stereocenters. The van der Waals surface area contributed by atoms with Crippen molar-refractivity contribution in [1.82, 2.24) is 29.7 Å². The molecule has 0 spiro atoms. The number of pyridine rings is 1. The van der Waals surface area contributed by atoms with Gasteiger partial charge in [0.2, 0.25) is 0 Å². The number of aryl methyl sites for hydroxylation is 1. The molecular formula is C23H21N7OS. The Morgan fingerprint density at radius 1 is 1.06 bits per heavy atom. The molecule has 0 radical (unpaired) electrons. The van der Waals surface area contributed by atoms with Gasteiger partial charge in [-0.2, -0.15) is 0 Å². The maximum atomic E-state index is 13.4. The van der Waals surface area contributed by atoms with Gasteiger partial charge < -0.3 is 4.57 Å². The van der Waals surface area contributed by atoms with Crippen LogP contribution in [0, 0.1) is 6.92 Å². The summed E-state index contributed by atoms with van der Waals surface area (Å²) < 4.78 is 1.96. The van der Waals surface area contributed by atoms with Crippen LogP contribution in [0.15, 0.2) is 60.0 Å². The van der Waals surface area contributed by atoms with Gasteiger partial charge in [-0.05, 0) is 50.6 Å². The molecule has 0 aliphatic carbocycles. The number of nitrogens with zero attached hydrogens (tertiary/aromatic N) is 7. The summed E-state index contributed by atoms with van der Waals surface area (Å²) in [6, 6.07) is 11.7. The Morgan fingerprint density at radius 2 is 1.88 bits per heavy atom. The van der Waals surface area contributed by atoms with Crippen molar-refractivity contribution >= 4 is 23.5 Å². The summed E-state index contributed by atoms with van der Waals surface area (Å²) in [5.74, 6) is 2.40. The number of hydrogen-bond donors (Lipinski definition) is 0. The molecule has 5 rings (SSSR count). The van der Waals surface area contributed by atoms with Gasteiger partial charge in [-0.1, -0.05) is 12.1 Å². The second kappa shape index (κ2) is 8.16. The van der Waals surface area contributed by atoms with Gasteiger partial charge in [0.1, 0.15) is 23.7 Å². The first kappa shape index (κ1) is 20.3. The zero-order valence-electron chi connectivity index (χ0n) is 17.9. The van der Waals surface area contributed by atoms with E-state index in [0.717, 1.165) is 16.0 Å². The summed E-state index contributed by atoms with van der Waals surface area (Å²) in [6.45, 7) is 5.98. The Morgan fingerprint density at radius 3 is 2.66 bits per heavy atom. The van der Waals surface area contributed by atoms with Crippen LogP contribution in [0.5, 0.6) is 0 Å². The Hall–Kier alpha value is -3.59. The zero-order valence-corrected chi connectivity index (χ0v) is 18.7. The highest BCUT2D eigenvalue weighted by Crippen LogP contribution is 2.35. The number of carbonyl (C=O) groups excluding carboxylic acids is 1. The monoisotopic (exact) mass is 443 g/mol. The van der Waals surface area contributed by atoms with Crippen molar-refractivity contribution in [3.05, 3.63) is 66.5 Å². The normalized spacial score (nSPS) is 13.5. The lowest BCUT2D eigenvalue weighted by atomic mass is 10.0. The van der Waals surface area contributed by atoms with Gasteiger partial charge in [0.15, 0.2) is 5.82 Å². The van der Waals surface area contributed by atoms with E-state index in [4.69, 9.17) is 4.98 Å². The molecule has 0 saturated carbocycles. The van der Waals surface area contributed by atoms with Crippen molar-refractivity contribution < 1.29 is 4.79 Å². The lowest BCUT2D eigenvalue weighted by Gasteiger charge is -2.27. The molecule has 0 fully saturated rings. The summed E-state index contributed by atoms with van der Waals surface area (Å²) in [4.78, 5) is 29.4. The van der Waals surface area contributed by atoms with Crippen molar-refractivity contribution in [2.75, 3.05) is 10.8 Å². The van der Waals surface area contributed by atoms with E-state index in [2.05, 4.69) is 34.0 Å². The largest absolute Gasteiger partial charge is 0.310 e. The molecule has 0 saturated heterocycles. The van der Waals surface area contributed by atoms with Crippen molar-refractivity contribution in [2.45, 2.75) is 31.7 Å². The van der Waals surface area contributed by atoms with Crippen LogP contribution in [0.4, 0.5) is 5.82 Å². The Balaban J connectivity index is 1.49. The van der Waals surface area contributed by atoms with Crippen molar-refractivity contribution in [3.63, 3.8) is 0 Å². The van der Waals surface area contributed by atoms with Gasteiger partial charge in [0, 0.05) is 28.9 Å². The average Bonchev–Trinajstić information content (AvgIpc) is 3.30. The molecule has 160 valence electrons. The molecule has 1 aromatic carbocycles. The van der Waals surface area contributed by atoms with Gasteiger partial charge in [-0.3, -0.25) is 9.69 Å². The predicted molar refractivity (Wildman–Crippen MR) is 123 cm³/mol. The highest BCUT2D eigenvalue weighted by atomic mass is 32.2. The van der Waals surface area contributed by atoms with Crippen LogP contribution in [-0.4, -0.2) is 41.5 Å². The SMILES string of the molecule is Cc1ncc(-c2ccc3c(c2)C(=O)N(c2cccc(-c4nncn4C(C)C)n2)CS3)cn1. The molecule has 3 aromatic heterocycles. The van der Waals surface area contributed by atoms with Crippen LogP contribution >= 0.6 is 11.8 Å². The minimum Gasteiger partial charge on any atom is -0.310 e. The fourth-order valence-corrected chi connectivity index (χ4v) is 4.54. The summed E-state index contributed by atoms with van der Waals surface area (Å²) in [7, 11) is 0. The van der Waals surface area contributed by atoms with E-state index in [0.29, 0.717) is 34.6 Å². The third kappa shape index (κ3) is 3.64. The van der Waals surface area contributed by atoms with E-state index in [1.807, 2.05) is 47.9 Å². The first-order chi connectivity index (χ1) is 15.5. The number of aromatic nitrogens is 6. The van der Waals surface area contributed by atoms with Gasteiger partial charge in [-0.25, -0.2) is 15.0 Å². The van der Waals surface area contributed by atoms with Gasteiger partial charge in [0.25, 0.3) is 5.91 Å². The molecule has 4 aromatic rings. The minimum atomic E-state index is -0.0800. The van der Waals surface area contributed by atoms with E-state index in [1.54, 1.807) is 35.4 Å². The molecule has 0 N–H and O–H groups in total. The highest BCUT2D eigenvalue weighted by molar-refractivity contribution is 7.99. The summed E-state index contributed by atoms with van der Waals surface area (Å²) >= 11 is 1.61. The summed E-state index contributed by atoms with van der Waals surface area (Å²) in [5, 5.41) is 8.26. The second-order valence-electron chi connectivity index (χ2n) is 7.77. The number of hydrogen-bond acceptors (Lipinski definition) is 7. The summed E-state index contributed by atoms with van der Waals surface area (Å²) in [6.07, 6.45) is 5.25. The fraction of sp³-hybridized carbons (Fsp3) is 0.217. The van der Waals surface area contributed by atoms with Gasteiger partial charge in [-0.15, -0.1) is 22.0 Å². The van der Waals surface area contributed by atoms with E-state index >= 15 is 0 Å². The van der Waals surface area contributed by atoms with Crippen molar-refractivity contribution in [2.24, 2.45) is 0 Å². The topological polar surface area (TPSA) is 89.7 Å². The molecule has 4 heterocycles. The number of carbonyl (C=O) groups is 1. The van der Waals surface area contributed by atoms with Crippen LogP contribution in [0.3, 0.4) is 0 Å². The van der Waals surface area contributed by atoms with Crippen molar-refractivity contribution in [1.29, 1.82) is 0 Å². The Labute approximate surface area is 189 Å². The first-order valence-corrected chi connectivity index (χ1v) is 11.2. The lowest BCUT2D eigenvalue weighted by Crippen LogP contribution is -2.34. The number of benzene rings is 1. The summed E-state index contributed by atoms with van der Waals surface area (Å²) in [5.41, 5.74) is 3.12. The quantitative estimate of drug-likeness (QED) is 0.462. The lowest BCUT2D eigenvalue weighted by molar-refractivity contribution is 0.0986. The molecule has 1 aliphatic heterocycles. The first-order valence-electron chi connectivity index (χ1n) is 10.3. The van der Waals surface area contributed by atoms with E-state index in [1.165, 1.54) is 0 Å². The Kier molecular flexibility index (Phi) is 5.18. The number of anilines is 1. The molecule has 0 atom stereocenters. The molecule has 0 bridgehead atoms. The van der Waals surface area contributed by atoms with Gasteiger partial charge in [0.05, 0.1) is 11.4 Å². The van der Waals surface area contributed by atoms with E-state index in [9.17, 15) is 4.79 Å². The van der Waals surface area contributed by atoms with E-state index in [-0.39, 0.29) is 11.9 Å². The Bertz CT molecular complexity index is 1300. The van der Waals surface area contributed by atoms with Crippen molar-refractivity contribution in [3.8, 4) is 22.6 Å². The van der Waals surface area contributed by atoms with Gasteiger partial charge >= 0.3 is 0 Å². The van der Waals surface area contributed by atoms with Crippen LogP contribution in [0.25, 0.3) is 22.6 Å². The number of amides is 1. The third-order valence-corrected chi connectivity index (χ3v) is 6.34. The average molecular weight is 444 g/mol. The van der Waals surface area contributed by atoms with E-state index < -0.39 is 0 Å². The number of fused-ring (bicyclic) bond motifs is 1. The molecular weight excluding hydrogens is 422 g/mol. The molecule has 1 amide bonds. The second-order valence-corrected chi connectivity index (χ2v) is 8.76. The fourth-order valence-electron chi connectivity index (χ4n) is 3.55. The molecule has 1 aliphatic rings. The zero-order chi connectivity index (χ0) is 22.2. The maximum absolute atomic E-state index is 13.4. The molecule has 32 heavy (non-hydrogen) atoms. The van der Waals surface area contributed by atoms with Crippen LogP contribution in [-0.2, 0) is 0 Å². The van der Waals surface area contributed by atoms with Crippen LogP contribution in [0.2, 0.25) is 0 Å². The number of thioether (sulfide) groups is 1.